The predicted molar refractivity (Wildman–Crippen MR) is 103 cm³/mol. The van der Waals surface area contributed by atoms with E-state index in [9.17, 15) is 4.79 Å². The Bertz CT molecular complexity index is 679. The lowest BCUT2D eigenvalue weighted by Crippen LogP contribution is -2.48. The summed E-state index contributed by atoms with van der Waals surface area (Å²) in [6.07, 6.45) is 1.49. The summed E-state index contributed by atoms with van der Waals surface area (Å²) in [5, 5.41) is 3.16. The average Bonchev–Trinajstić information content (AvgIpc) is 2.67. The van der Waals surface area contributed by atoms with Crippen molar-refractivity contribution in [3.63, 3.8) is 0 Å². The summed E-state index contributed by atoms with van der Waals surface area (Å²) in [7, 11) is 0. The third-order valence-electron chi connectivity index (χ3n) is 4.78. The van der Waals surface area contributed by atoms with Crippen LogP contribution in [-0.2, 0) is 14.9 Å². The topological polar surface area (TPSA) is 38.3 Å². The molecule has 0 radical (unpaired) electrons. The summed E-state index contributed by atoms with van der Waals surface area (Å²) in [4.78, 5) is 14.2. The predicted octanol–water partition coefficient (Wildman–Crippen LogP) is 3.95. The number of carbonyl (C=O) groups excluding carboxylic acids is 1. The van der Waals surface area contributed by atoms with Crippen LogP contribution in [0, 0.1) is 6.92 Å². The molecule has 0 aliphatic carbocycles. The Kier molecular flexibility index (Phi) is 6.16. The van der Waals surface area contributed by atoms with Crippen LogP contribution < -0.4 is 5.32 Å². The van der Waals surface area contributed by atoms with E-state index in [1.54, 1.807) is 11.8 Å². The minimum Gasteiger partial charge on any atom is -0.381 e. The summed E-state index contributed by atoms with van der Waals surface area (Å²) in [6.45, 7) is 4.04. The first-order valence-corrected chi connectivity index (χ1v) is 9.80. The summed E-state index contributed by atoms with van der Waals surface area (Å²) in [6, 6.07) is 18.6. The highest BCUT2D eigenvalue weighted by molar-refractivity contribution is 7.99. The van der Waals surface area contributed by atoms with Crippen molar-refractivity contribution in [3.05, 3.63) is 65.7 Å². The molecular weight excluding hydrogens is 330 g/mol. The first-order valence-electron chi connectivity index (χ1n) is 8.82. The molecule has 1 N–H and O–H groups in total. The summed E-state index contributed by atoms with van der Waals surface area (Å²) in [5.74, 6) is 1.00. The maximum absolute atomic E-state index is 13.0. The molecule has 132 valence electrons. The van der Waals surface area contributed by atoms with Crippen molar-refractivity contribution in [2.24, 2.45) is 0 Å². The number of thioether (sulfide) groups is 1. The van der Waals surface area contributed by atoms with E-state index in [0.29, 0.717) is 19.8 Å². The Hall–Kier alpha value is -1.78. The van der Waals surface area contributed by atoms with Gasteiger partial charge in [0, 0.05) is 30.4 Å². The highest BCUT2D eigenvalue weighted by atomic mass is 32.2. The zero-order chi connectivity index (χ0) is 17.5. The van der Waals surface area contributed by atoms with E-state index in [0.717, 1.165) is 24.2 Å². The maximum atomic E-state index is 13.0. The van der Waals surface area contributed by atoms with Crippen LogP contribution in [0.1, 0.15) is 24.0 Å². The van der Waals surface area contributed by atoms with Crippen LogP contribution in [0.2, 0.25) is 0 Å². The van der Waals surface area contributed by atoms with Crippen LogP contribution >= 0.6 is 11.8 Å². The van der Waals surface area contributed by atoms with Gasteiger partial charge >= 0.3 is 0 Å². The van der Waals surface area contributed by atoms with Gasteiger partial charge in [-0.05, 0) is 37.5 Å². The number of hydrogen-bond donors (Lipinski definition) is 1. The number of amides is 1. The van der Waals surface area contributed by atoms with Crippen molar-refractivity contribution in [1.29, 1.82) is 0 Å². The maximum Gasteiger partial charge on any atom is 0.230 e. The highest BCUT2D eigenvalue weighted by Gasteiger charge is 2.41. The van der Waals surface area contributed by atoms with Crippen molar-refractivity contribution in [2.45, 2.75) is 30.1 Å². The summed E-state index contributed by atoms with van der Waals surface area (Å²) in [5.41, 5.74) is 1.91. The van der Waals surface area contributed by atoms with Crippen LogP contribution in [0.15, 0.2) is 59.5 Å². The van der Waals surface area contributed by atoms with Gasteiger partial charge in [0.1, 0.15) is 0 Å². The van der Waals surface area contributed by atoms with Gasteiger partial charge in [-0.1, -0.05) is 48.0 Å². The van der Waals surface area contributed by atoms with Gasteiger partial charge in [-0.3, -0.25) is 4.79 Å². The van der Waals surface area contributed by atoms with Gasteiger partial charge in [0.15, 0.2) is 0 Å². The number of ether oxygens (including phenoxy) is 1. The fourth-order valence-corrected chi connectivity index (χ4v) is 4.03. The normalized spacial score (nSPS) is 16.4. The lowest BCUT2D eigenvalue weighted by atomic mass is 9.73. The molecule has 0 spiro atoms. The van der Waals surface area contributed by atoms with E-state index in [-0.39, 0.29) is 5.91 Å². The molecular formula is C21H25NO2S. The first-order chi connectivity index (χ1) is 12.2. The van der Waals surface area contributed by atoms with Gasteiger partial charge in [0.25, 0.3) is 0 Å². The first kappa shape index (κ1) is 18.0. The number of rotatable bonds is 6. The number of nitrogens with one attached hydrogen (secondary N) is 1. The molecule has 3 rings (SSSR count). The Labute approximate surface area is 154 Å². The Balaban J connectivity index is 1.58. The fraction of sp³-hybridized carbons (Fsp3) is 0.381. The minimum atomic E-state index is -0.450. The molecule has 1 amide bonds. The molecule has 4 heteroatoms. The minimum absolute atomic E-state index is 0.131. The van der Waals surface area contributed by atoms with Crippen molar-refractivity contribution < 1.29 is 9.53 Å². The van der Waals surface area contributed by atoms with Gasteiger partial charge in [0.2, 0.25) is 5.91 Å². The van der Waals surface area contributed by atoms with Crippen molar-refractivity contribution in [3.8, 4) is 0 Å². The quantitative estimate of drug-likeness (QED) is 0.630. The molecule has 2 aromatic rings. The molecule has 0 unspecified atom stereocenters. The molecule has 2 aromatic carbocycles. The van der Waals surface area contributed by atoms with Crippen molar-refractivity contribution in [1.82, 2.24) is 5.32 Å². The number of aryl methyl sites for hydroxylation is 1. The van der Waals surface area contributed by atoms with E-state index in [1.165, 1.54) is 10.5 Å². The lowest BCUT2D eigenvalue weighted by molar-refractivity contribution is -0.130. The van der Waals surface area contributed by atoms with E-state index < -0.39 is 5.41 Å². The van der Waals surface area contributed by atoms with Crippen LogP contribution in [-0.4, -0.2) is 31.4 Å². The monoisotopic (exact) mass is 355 g/mol. The van der Waals surface area contributed by atoms with E-state index in [2.05, 4.69) is 48.6 Å². The molecule has 0 aromatic heterocycles. The zero-order valence-electron chi connectivity index (χ0n) is 14.7. The molecule has 0 bridgehead atoms. The smallest absolute Gasteiger partial charge is 0.230 e. The molecule has 1 aliphatic heterocycles. The van der Waals surface area contributed by atoms with Gasteiger partial charge in [0.05, 0.1) is 5.41 Å². The Morgan fingerprint density at radius 2 is 1.76 bits per heavy atom. The van der Waals surface area contributed by atoms with E-state index in [4.69, 9.17) is 4.74 Å². The number of hydrogen-bond acceptors (Lipinski definition) is 3. The molecule has 1 saturated heterocycles. The number of carbonyl (C=O) groups is 1. The molecule has 25 heavy (non-hydrogen) atoms. The fourth-order valence-electron chi connectivity index (χ4n) is 3.26. The van der Waals surface area contributed by atoms with Crippen LogP contribution in [0.4, 0.5) is 0 Å². The van der Waals surface area contributed by atoms with E-state index in [1.807, 2.05) is 18.2 Å². The van der Waals surface area contributed by atoms with Crippen LogP contribution in [0.25, 0.3) is 0 Å². The zero-order valence-corrected chi connectivity index (χ0v) is 15.5. The average molecular weight is 356 g/mol. The summed E-state index contributed by atoms with van der Waals surface area (Å²) >= 11 is 1.77. The second kappa shape index (κ2) is 8.54. The van der Waals surface area contributed by atoms with Gasteiger partial charge in [-0.25, -0.2) is 0 Å². The number of benzene rings is 2. The SMILES string of the molecule is Cc1ccc(SCCNC(=O)C2(c3ccccc3)CCOCC2)cc1. The standard InChI is InChI=1S/C21H25NO2S/c1-17-7-9-19(10-8-17)25-16-13-22-20(23)21(11-14-24-15-12-21)18-5-3-2-4-6-18/h2-10H,11-16H2,1H3,(H,22,23). The second-order valence-corrected chi connectivity index (χ2v) is 7.65. The largest absolute Gasteiger partial charge is 0.381 e. The molecule has 1 fully saturated rings. The Morgan fingerprint density at radius 1 is 1.08 bits per heavy atom. The molecule has 0 atom stereocenters. The van der Waals surface area contributed by atoms with Gasteiger partial charge < -0.3 is 10.1 Å². The Morgan fingerprint density at radius 3 is 2.44 bits per heavy atom. The molecule has 0 saturated carbocycles. The second-order valence-electron chi connectivity index (χ2n) is 6.48. The molecule has 3 nitrogen and oxygen atoms in total. The van der Waals surface area contributed by atoms with Crippen LogP contribution in [0.5, 0.6) is 0 Å². The third kappa shape index (κ3) is 4.44. The highest BCUT2D eigenvalue weighted by Crippen LogP contribution is 2.35. The van der Waals surface area contributed by atoms with Crippen molar-refractivity contribution in [2.75, 3.05) is 25.5 Å². The molecule has 1 heterocycles. The molecule has 1 aliphatic rings. The van der Waals surface area contributed by atoms with Gasteiger partial charge in [-0.2, -0.15) is 0 Å². The lowest BCUT2D eigenvalue weighted by Gasteiger charge is -2.36. The third-order valence-corrected chi connectivity index (χ3v) is 5.80. The van der Waals surface area contributed by atoms with Gasteiger partial charge in [-0.15, -0.1) is 11.8 Å². The van der Waals surface area contributed by atoms with Crippen molar-refractivity contribution >= 4 is 17.7 Å². The van der Waals surface area contributed by atoms with Crippen LogP contribution in [0.3, 0.4) is 0 Å². The summed E-state index contributed by atoms with van der Waals surface area (Å²) < 4.78 is 5.51. The van der Waals surface area contributed by atoms with E-state index >= 15 is 0 Å².